The van der Waals surface area contributed by atoms with Crippen LogP contribution >= 0.6 is 0 Å². The zero-order valence-electron chi connectivity index (χ0n) is 36.0. The number of esters is 1. The van der Waals surface area contributed by atoms with Crippen molar-refractivity contribution >= 4 is 29.7 Å². The summed E-state index contributed by atoms with van der Waals surface area (Å²) in [6, 6.07) is 5.71. The van der Waals surface area contributed by atoms with Crippen LogP contribution in [0, 0.1) is 11.8 Å². The van der Waals surface area contributed by atoms with E-state index in [1.807, 2.05) is 24.3 Å². The summed E-state index contributed by atoms with van der Waals surface area (Å²) < 4.78 is 30.9. The number of carbonyl (C=O) groups excluding carboxylic acids is 3. The van der Waals surface area contributed by atoms with Crippen molar-refractivity contribution in [2.75, 3.05) is 53.1 Å². The van der Waals surface area contributed by atoms with E-state index in [0.717, 1.165) is 55.0 Å². The number of nitrogens with zero attached hydrogens (tertiary/aromatic N) is 2. The molecule has 0 amide bonds. The highest BCUT2D eigenvalue weighted by atomic mass is 16.6. The number of hydrogen-bond donors (Lipinski definition) is 4. The van der Waals surface area contributed by atoms with Crippen LogP contribution in [0.4, 0.5) is 0 Å². The molecule has 8 rings (SSSR count). The van der Waals surface area contributed by atoms with Gasteiger partial charge in [-0.3, -0.25) is 14.6 Å². The predicted molar refractivity (Wildman–Crippen MR) is 227 cm³/mol. The molecule has 2 aromatic rings. The first-order valence-corrected chi connectivity index (χ1v) is 22.3. The molecule has 0 aromatic heterocycles. The molecule has 6 unspecified atom stereocenters. The second-order valence-electron chi connectivity index (χ2n) is 17.8. The maximum Gasteiger partial charge on any atom is 0.375 e. The smallest absolute Gasteiger partial charge is 0.375 e. The van der Waals surface area contributed by atoms with E-state index in [-0.39, 0.29) is 66.0 Å². The minimum absolute atomic E-state index is 0.0112. The normalized spacial score (nSPS) is 27.2. The summed E-state index contributed by atoms with van der Waals surface area (Å²) in [5.41, 5.74) is 1.36. The first-order valence-electron chi connectivity index (χ1n) is 22.3. The lowest BCUT2D eigenvalue weighted by Crippen LogP contribution is -2.52. The lowest BCUT2D eigenvalue weighted by atomic mass is 9.71. The summed E-state index contributed by atoms with van der Waals surface area (Å²) in [6.45, 7) is 6.17. The number of rotatable bonds is 14. The van der Waals surface area contributed by atoms with E-state index in [9.17, 15) is 34.8 Å². The molecule has 0 radical (unpaired) electrons. The average molecular weight is 857 g/mol. The van der Waals surface area contributed by atoms with Gasteiger partial charge in [0.1, 0.15) is 40.8 Å². The Morgan fingerprint density at radius 1 is 1.10 bits per heavy atom. The number of piperidine rings is 1. The molecule has 4 heterocycles. The Kier molecular flexibility index (Phi) is 13.3. The van der Waals surface area contributed by atoms with Crippen molar-refractivity contribution in [2.24, 2.45) is 16.8 Å². The van der Waals surface area contributed by atoms with Crippen LogP contribution in [0.3, 0.4) is 0 Å². The van der Waals surface area contributed by atoms with Gasteiger partial charge in [-0.15, -0.1) is 0 Å². The molecule has 14 heteroatoms. The zero-order chi connectivity index (χ0) is 43.7. The number of ketones is 1. The molecule has 4 N–H and O–H groups in total. The summed E-state index contributed by atoms with van der Waals surface area (Å²) in [7, 11) is 1.70. The van der Waals surface area contributed by atoms with Gasteiger partial charge in [0.15, 0.2) is 6.29 Å². The van der Waals surface area contributed by atoms with Crippen molar-refractivity contribution in [3.05, 3.63) is 67.9 Å². The molecule has 6 aliphatic rings. The van der Waals surface area contributed by atoms with Crippen molar-refractivity contribution in [1.29, 1.82) is 0 Å². The molecule has 4 aliphatic heterocycles. The highest BCUT2D eigenvalue weighted by molar-refractivity contribution is 6.11. The summed E-state index contributed by atoms with van der Waals surface area (Å²) >= 11 is 0. The molecule has 2 saturated carbocycles. The van der Waals surface area contributed by atoms with Crippen molar-refractivity contribution < 1.29 is 58.5 Å². The van der Waals surface area contributed by atoms with Gasteiger partial charge >= 0.3 is 5.97 Å². The maximum atomic E-state index is 14.2. The average Bonchev–Trinajstić information content (AvgIpc) is 3.95. The number of Topliss-reactive ketones (excluding diaryl/α,β-unsaturated/α-hetero) is 1. The van der Waals surface area contributed by atoms with Crippen LogP contribution in [-0.4, -0.2) is 120 Å². The van der Waals surface area contributed by atoms with Crippen molar-refractivity contribution in [2.45, 2.75) is 114 Å². The fourth-order valence-electron chi connectivity index (χ4n) is 10.6. The van der Waals surface area contributed by atoms with Crippen LogP contribution in [0.2, 0.25) is 0 Å². The van der Waals surface area contributed by atoms with Gasteiger partial charge in [0, 0.05) is 56.1 Å². The Morgan fingerprint density at radius 2 is 1.90 bits per heavy atom. The summed E-state index contributed by atoms with van der Waals surface area (Å²) in [5, 5.41) is 47.0. The van der Waals surface area contributed by atoms with E-state index >= 15 is 0 Å². The predicted octanol–water partition coefficient (Wildman–Crippen LogP) is 3.00. The molecule has 2 aliphatic carbocycles. The van der Waals surface area contributed by atoms with E-state index in [4.69, 9.17) is 23.7 Å². The fraction of sp³-hybridized carbons (Fsp3) is 0.583. The topological polar surface area (TPSA) is 194 Å². The third-order valence-corrected chi connectivity index (χ3v) is 14.0. The first-order chi connectivity index (χ1) is 30.0. The third kappa shape index (κ3) is 8.37. The molecular weight excluding hydrogens is 797 g/mol. The number of methoxy groups -OCH3 is 1. The molecular formula is C48H60N2O12. The molecule has 62 heavy (non-hydrogen) atoms. The van der Waals surface area contributed by atoms with Crippen molar-refractivity contribution in [1.82, 2.24) is 4.90 Å². The Balaban J connectivity index is 1.29. The van der Waals surface area contributed by atoms with Crippen molar-refractivity contribution in [3.8, 4) is 17.2 Å². The second-order valence-corrected chi connectivity index (χ2v) is 17.8. The highest BCUT2D eigenvalue weighted by Crippen LogP contribution is 2.57. The van der Waals surface area contributed by atoms with Crippen LogP contribution in [0.15, 0.2) is 40.1 Å². The van der Waals surface area contributed by atoms with Crippen LogP contribution in [0.25, 0.3) is 11.6 Å². The van der Waals surface area contributed by atoms with E-state index in [2.05, 4.69) is 9.89 Å². The monoisotopic (exact) mass is 856 g/mol. The maximum absolute atomic E-state index is 14.2. The third-order valence-electron chi connectivity index (χ3n) is 14.0. The Hall–Kier alpha value is -4.44. The Labute approximate surface area is 361 Å². The van der Waals surface area contributed by atoms with Gasteiger partial charge in [0.05, 0.1) is 54.5 Å². The van der Waals surface area contributed by atoms with Gasteiger partial charge in [-0.1, -0.05) is 17.7 Å². The van der Waals surface area contributed by atoms with Gasteiger partial charge in [0.25, 0.3) is 0 Å². The molecule has 0 spiro atoms. The fourth-order valence-corrected chi connectivity index (χ4v) is 10.6. The van der Waals surface area contributed by atoms with E-state index in [1.165, 1.54) is 0 Å². The van der Waals surface area contributed by atoms with Crippen LogP contribution in [0.5, 0.6) is 17.2 Å². The highest BCUT2D eigenvalue weighted by Gasteiger charge is 2.50. The van der Waals surface area contributed by atoms with Crippen LogP contribution in [0.1, 0.15) is 99.8 Å². The molecule has 1 saturated heterocycles. The number of benzene rings is 2. The summed E-state index contributed by atoms with van der Waals surface area (Å²) in [4.78, 5) is 48.4. The van der Waals surface area contributed by atoms with Gasteiger partial charge in [-0.05, 0) is 107 Å². The van der Waals surface area contributed by atoms with E-state index in [0.29, 0.717) is 73.1 Å². The van der Waals surface area contributed by atoms with Gasteiger partial charge in [-0.25, -0.2) is 4.79 Å². The molecule has 14 nitrogen and oxygen atoms in total. The molecule has 6 atom stereocenters. The molecule has 0 bridgehead atoms. The second kappa shape index (κ2) is 18.7. The first kappa shape index (κ1) is 44.2. The number of aldehydes is 1. The number of carbonyl (C=O) groups is 3. The number of likely N-dealkylation sites (tertiary alicyclic amines) is 1. The van der Waals surface area contributed by atoms with Gasteiger partial charge < -0.3 is 49.0 Å². The zero-order valence-corrected chi connectivity index (χ0v) is 36.0. The number of fused-ring (bicyclic) bond motifs is 3. The summed E-state index contributed by atoms with van der Waals surface area (Å²) in [6.07, 6.45) is 5.92. The van der Waals surface area contributed by atoms with Crippen LogP contribution < -0.4 is 24.8 Å². The SMILES string of the molecule is CCOC(=O)C1=C(C=O)C(=C2CC(CO)C(=O)C(c3ccc4c(c3)=CCN=4)C2)c2c(c(CO)c3c(c2OC2CCCC(O)C2)CC(C(C)(O)C2CCN(CCCOC)CC2)O3)O1. The Bertz CT molecular complexity index is 2260. The lowest BCUT2D eigenvalue weighted by Gasteiger charge is -2.42. The number of allylic oxidation sites excluding steroid dienone is 3. The van der Waals surface area contributed by atoms with Gasteiger partial charge in [-0.2, -0.15) is 0 Å². The quantitative estimate of drug-likeness (QED) is 0.123. The number of hydrogen-bond acceptors (Lipinski definition) is 14. The number of aliphatic hydroxyl groups is 4. The van der Waals surface area contributed by atoms with E-state index < -0.39 is 54.9 Å². The van der Waals surface area contributed by atoms with Crippen molar-refractivity contribution in [3.63, 3.8) is 0 Å². The molecule has 3 fully saturated rings. The minimum Gasteiger partial charge on any atom is -0.489 e. The van der Waals surface area contributed by atoms with E-state index in [1.54, 1.807) is 21.0 Å². The van der Waals surface area contributed by atoms with Crippen LogP contribution in [-0.2, 0) is 36.9 Å². The minimum atomic E-state index is -1.31. The number of ether oxygens (including phenoxy) is 5. The molecule has 334 valence electrons. The standard InChI is InChI=1S/C48H60N2O12/c1-4-59-47(56)46-36(25-52)40(29-20-30(24-51)42(55)34(21-29)27-9-10-38-28(19-27)11-14-49-38)41-44(60-33-8-5-7-32(54)22-33)35-23-39(61-43(35)37(26-53)45(41)62-46)48(2,57)31-12-16-50(17-13-31)15-6-18-58-3/h9-11,19,25,30-34,39,51,53-54,57H,4-8,12-18,20-24,26H2,1-3H3. The lowest BCUT2D eigenvalue weighted by molar-refractivity contribution is -0.141. The number of aliphatic hydroxyl groups excluding tert-OH is 3. The largest absolute Gasteiger partial charge is 0.489 e. The van der Waals surface area contributed by atoms with Gasteiger partial charge in [0.2, 0.25) is 5.76 Å². The molecule has 2 aromatic carbocycles. The Morgan fingerprint density at radius 3 is 2.61 bits per heavy atom. The summed E-state index contributed by atoms with van der Waals surface area (Å²) in [5.74, 6) is -2.43.